The van der Waals surface area contributed by atoms with Crippen LogP contribution < -0.4 is 9.47 Å². The summed E-state index contributed by atoms with van der Waals surface area (Å²) in [5, 5.41) is 78.6. The van der Waals surface area contributed by atoms with Gasteiger partial charge in [0.2, 0.25) is 6.29 Å². The summed E-state index contributed by atoms with van der Waals surface area (Å²) in [6, 6.07) is 4.53. The van der Waals surface area contributed by atoms with Crippen LogP contribution >= 0.6 is 0 Å². The third-order valence-electron chi connectivity index (χ3n) is 5.54. The smallest absolute Gasteiger partial charge is 0.229 e. The maximum Gasteiger partial charge on any atom is 0.229 e. The Kier molecular flexibility index (Phi) is 5.95. The summed E-state index contributed by atoms with van der Waals surface area (Å²) < 4.78 is 16.5. The van der Waals surface area contributed by atoms with Gasteiger partial charge < -0.3 is 55.1 Å². The van der Waals surface area contributed by atoms with Crippen molar-refractivity contribution in [1.82, 2.24) is 0 Å². The number of carbonyl (C=O) groups excluding carboxylic acids is 1. The first-order valence-corrected chi connectivity index (χ1v) is 9.89. The number of aromatic hydroxyl groups is 4. The van der Waals surface area contributed by atoms with E-state index in [9.17, 15) is 45.6 Å². The molecule has 178 valence electrons. The number of benzene rings is 2. The van der Waals surface area contributed by atoms with Crippen LogP contribution in [-0.2, 0) is 4.74 Å². The normalized spacial score (nSPS) is 29.3. The van der Waals surface area contributed by atoms with E-state index in [1.165, 1.54) is 6.07 Å². The lowest BCUT2D eigenvalue weighted by atomic mass is 9.95. The van der Waals surface area contributed by atoms with E-state index >= 15 is 0 Å². The molecule has 8 N–H and O–H groups in total. The van der Waals surface area contributed by atoms with Gasteiger partial charge >= 0.3 is 0 Å². The molecule has 0 bridgehead atoms. The van der Waals surface area contributed by atoms with Crippen LogP contribution in [0.5, 0.6) is 34.5 Å². The van der Waals surface area contributed by atoms with Crippen LogP contribution in [0.2, 0.25) is 0 Å². The van der Waals surface area contributed by atoms with Gasteiger partial charge in [-0.3, -0.25) is 4.79 Å². The van der Waals surface area contributed by atoms with Gasteiger partial charge in [0.15, 0.2) is 23.0 Å². The lowest BCUT2D eigenvalue weighted by molar-refractivity contribution is -0.277. The zero-order valence-electron chi connectivity index (χ0n) is 16.9. The van der Waals surface area contributed by atoms with E-state index in [1.54, 1.807) is 0 Å². The number of phenolic OH excluding ortho intramolecular Hbond substituents is 4. The number of ether oxygens (including phenoxy) is 3. The molecule has 33 heavy (non-hydrogen) atoms. The van der Waals surface area contributed by atoms with Crippen molar-refractivity contribution >= 4 is 5.78 Å². The average Bonchev–Trinajstić information content (AvgIpc) is 2.76. The topological polar surface area (TPSA) is 207 Å². The van der Waals surface area contributed by atoms with Crippen LogP contribution in [0.25, 0.3) is 0 Å². The Labute approximate surface area is 186 Å². The van der Waals surface area contributed by atoms with E-state index in [-0.39, 0.29) is 29.0 Å². The molecule has 1 fully saturated rings. The Morgan fingerprint density at radius 1 is 0.909 bits per heavy atom. The van der Waals surface area contributed by atoms with Gasteiger partial charge in [-0.25, -0.2) is 0 Å². The number of phenols is 4. The van der Waals surface area contributed by atoms with E-state index in [1.807, 2.05) is 0 Å². The maximum absolute atomic E-state index is 12.6. The second kappa shape index (κ2) is 8.57. The first kappa shape index (κ1) is 22.9. The van der Waals surface area contributed by atoms with Gasteiger partial charge in [-0.2, -0.15) is 0 Å². The van der Waals surface area contributed by atoms with E-state index < -0.39 is 72.2 Å². The highest BCUT2D eigenvalue weighted by atomic mass is 16.7. The van der Waals surface area contributed by atoms with Gasteiger partial charge in [0, 0.05) is 17.7 Å². The Balaban J connectivity index is 1.62. The summed E-state index contributed by atoms with van der Waals surface area (Å²) >= 11 is 0. The molecule has 4 rings (SSSR count). The number of rotatable bonds is 4. The van der Waals surface area contributed by atoms with Crippen molar-refractivity contribution in [1.29, 1.82) is 0 Å². The number of fused-ring (bicyclic) bond motifs is 1. The molecule has 0 aromatic heterocycles. The molecule has 2 heterocycles. The quantitative estimate of drug-likeness (QED) is 0.266. The second-order valence-corrected chi connectivity index (χ2v) is 7.77. The summed E-state index contributed by atoms with van der Waals surface area (Å²) in [6.07, 6.45) is -8.91. The van der Waals surface area contributed by atoms with Gasteiger partial charge in [-0.05, 0) is 12.1 Å². The predicted octanol–water partition coefficient (Wildman–Crippen LogP) is -0.606. The molecular weight excluding hydrogens is 444 g/mol. The molecule has 0 radical (unpaired) electrons. The van der Waals surface area contributed by atoms with Gasteiger partial charge in [0.25, 0.3) is 0 Å². The zero-order chi connectivity index (χ0) is 24.0. The molecule has 2 aliphatic heterocycles. The van der Waals surface area contributed by atoms with Crippen LogP contribution in [0.4, 0.5) is 0 Å². The third kappa shape index (κ3) is 4.10. The fraction of sp³-hybridized carbons (Fsp3) is 0.381. The minimum Gasteiger partial charge on any atom is -0.507 e. The monoisotopic (exact) mass is 466 g/mol. The Morgan fingerprint density at radius 2 is 1.58 bits per heavy atom. The molecule has 2 aromatic rings. The number of hydrogen-bond acceptors (Lipinski definition) is 12. The molecule has 6 atom stereocenters. The van der Waals surface area contributed by atoms with Crippen molar-refractivity contribution in [3.05, 3.63) is 35.4 Å². The molecule has 12 nitrogen and oxygen atoms in total. The SMILES string of the molecule is O=C1C[C@@H](c2cc(O)c(O)c(O)c2)Oc2cc(O[C@@H]3O[C@H](CO)[C@@H](O)[C@H](O)[C@H]3O)cc(O)c21. The minimum atomic E-state index is -1.70. The summed E-state index contributed by atoms with van der Waals surface area (Å²) in [7, 11) is 0. The number of hydrogen-bond donors (Lipinski definition) is 8. The molecule has 2 aromatic carbocycles. The van der Waals surface area contributed by atoms with Crippen molar-refractivity contribution in [2.24, 2.45) is 0 Å². The number of carbonyl (C=O) groups is 1. The molecular formula is C21H22O12. The van der Waals surface area contributed by atoms with Gasteiger partial charge in [-0.1, -0.05) is 0 Å². The van der Waals surface area contributed by atoms with E-state index in [0.717, 1.165) is 18.2 Å². The van der Waals surface area contributed by atoms with Crippen molar-refractivity contribution < 1.29 is 59.9 Å². The highest BCUT2D eigenvalue weighted by Gasteiger charge is 2.45. The fourth-order valence-electron chi connectivity index (χ4n) is 3.78. The Morgan fingerprint density at radius 3 is 2.21 bits per heavy atom. The molecule has 0 unspecified atom stereocenters. The highest BCUT2D eigenvalue weighted by molar-refractivity contribution is 6.02. The lowest BCUT2D eigenvalue weighted by Crippen LogP contribution is -2.60. The van der Waals surface area contributed by atoms with Crippen LogP contribution in [0.15, 0.2) is 24.3 Å². The number of ketones is 1. The summed E-state index contributed by atoms with van der Waals surface area (Å²) in [5.41, 5.74) is 0.0427. The van der Waals surface area contributed by atoms with Crippen molar-refractivity contribution in [3.8, 4) is 34.5 Å². The van der Waals surface area contributed by atoms with Crippen molar-refractivity contribution in [3.63, 3.8) is 0 Å². The molecule has 1 saturated heterocycles. The standard InChI is InChI=1S/C21H22O12/c22-6-15-18(28)19(29)20(30)21(33-15)31-8-3-9(23)16-10(24)5-13(32-14(16)4-8)7-1-11(25)17(27)12(26)2-7/h1-4,13,15,18-23,25-30H,5-6H2/t13-,15+,18+,19-,20+,21+/m0/s1. The van der Waals surface area contributed by atoms with Gasteiger partial charge in [-0.15, -0.1) is 0 Å². The average molecular weight is 466 g/mol. The zero-order valence-corrected chi connectivity index (χ0v) is 16.9. The Hall–Kier alpha value is -3.29. The summed E-state index contributed by atoms with van der Waals surface area (Å²) in [5.74, 6) is -3.20. The first-order valence-electron chi connectivity index (χ1n) is 9.89. The number of aliphatic hydroxyl groups is 4. The molecule has 0 aliphatic carbocycles. The molecule has 0 spiro atoms. The van der Waals surface area contributed by atoms with E-state index in [4.69, 9.17) is 14.2 Å². The summed E-state index contributed by atoms with van der Waals surface area (Å²) in [4.78, 5) is 12.6. The van der Waals surface area contributed by atoms with E-state index in [2.05, 4.69) is 0 Å². The van der Waals surface area contributed by atoms with Gasteiger partial charge in [0.05, 0.1) is 13.0 Å². The third-order valence-corrected chi connectivity index (χ3v) is 5.54. The summed E-state index contributed by atoms with van der Waals surface area (Å²) in [6.45, 7) is -0.661. The maximum atomic E-state index is 12.6. The Bertz CT molecular complexity index is 1040. The minimum absolute atomic E-state index is 0.108. The largest absolute Gasteiger partial charge is 0.507 e. The van der Waals surface area contributed by atoms with Crippen LogP contribution in [0, 0.1) is 0 Å². The second-order valence-electron chi connectivity index (χ2n) is 7.77. The number of aliphatic hydroxyl groups excluding tert-OH is 4. The number of Topliss-reactive ketones (excluding diaryl/α,β-unsaturated/α-hetero) is 1. The molecule has 12 heteroatoms. The van der Waals surface area contributed by atoms with Crippen LogP contribution in [0.1, 0.15) is 28.4 Å². The molecule has 0 saturated carbocycles. The van der Waals surface area contributed by atoms with E-state index in [0.29, 0.717) is 0 Å². The first-order chi connectivity index (χ1) is 15.6. The lowest BCUT2D eigenvalue weighted by Gasteiger charge is -2.39. The van der Waals surface area contributed by atoms with Crippen molar-refractivity contribution in [2.75, 3.05) is 6.61 Å². The fourth-order valence-corrected chi connectivity index (χ4v) is 3.78. The predicted molar refractivity (Wildman–Crippen MR) is 106 cm³/mol. The van der Waals surface area contributed by atoms with Crippen LogP contribution in [-0.4, -0.2) is 83.9 Å². The van der Waals surface area contributed by atoms with Gasteiger partial charge in [0.1, 0.15) is 53.3 Å². The highest BCUT2D eigenvalue weighted by Crippen LogP contribution is 2.45. The van der Waals surface area contributed by atoms with Crippen molar-refractivity contribution in [2.45, 2.75) is 43.2 Å². The van der Waals surface area contributed by atoms with Crippen LogP contribution in [0.3, 0.4) is 0 Å². The molecule has 2 aliphatic rings. The molecule has 0 amide bonds.